The van der Waals surface area contributed by atoms with E-state index in [0.717, 1.165) is 22.4 Å². The highest BCUT2D eigenvalue weighted by Gasteiger charge is 2.32. The van der Waals surface area contributed by atoms with Crippen molar-refractivity contribution in [2.45, 2.75) is 38.6 Å². The van der Waals surface area contributed by atoms with Crippen LogP contribution in [0.3, 0.4) is 0 Å². The lowest BCUT2D eigenvalue weighted by atomic mass is 9.94. The number of anilines is 1. The Morgan fingerprint density at radius 1 is 1.13 bits per heavy atom. The first-order chi connectivity index (χ1) is 18.2. The Morgan fingerprint density at radius 3 is 2.53 bits per heavy atom. The molecular weight excluding hydrogens is 522 g/mol. The van der Waals surface area contributed by atoms with Crippen LogP contribution in [0.4, 0.5) is 5.13 Å². The number of sulfonamides is 1. The number of aromatic nitrogens is 1. The van der Waals surface area contributed by atoms with Gasteiger partial charge >= 0.3 is 0 Å². The average Bonchev–Trinajstić information content (AvgIpc) is 3.56. The minimum atomic E-state index is -3.64. The van der Waals surface area contributed by atoms with Crippen LogP contribution in [0.15, 0.2) is 70.2 Å². The molecule has 1 aliphatic rings. The first kappa shape index (κ1) is 26.4. The van der Waals surface area contributed by atoms with Gasteiger partial charge in [-0.2, -0.15) is 4.31 Å². The molecule has 2 aromatic carbocycles. The van der Waals surface area contributed by atoms with E-state index in [0.29, 0.717) is 48.0 Å². The van der Waals surface area contributed by atoms with Crippen LogP contribution >= 0.6 is 11.3 Å². The van der Waals surface area contributed by atoms with E-state index >= 15 is 0 Å². The van der Waals surface area contributed by atoms with Crippen LogP contribution in [0.1, 0.15) is 43.3 Å². The zero-order valence-corrected chi connectivity index (χ0v) is 23.3. The van der Waals surface area contributed by atoms with Crippen molar-refractivity contribution in [3.05, 3.63) is 72.2 Å². The summed E-state index contributed by atoms with van der Waals surface area (Å²) in [6.07, 6.45) is 2.58. The number of amides is 1. The molecule has 8 nitrogen and oxygen atoms in total. The van der Waals surface area contributed by atoms with Gasteiger partial charge in [-0.3, -0.25) is 9.69 Å². The summed E-state index contributed by atoms with van der Waals surface area (Å²) in [7, 11) is -3.64. The van der Waals surface area contributed by atoms with Gasteiger partial charge in [0.2, 0.25) is 10.0 Å². The van der Waals surface area contributed by atoms with Crippen molar-refractivity contribution >= 4 is 42.6 Å². The summed E-state index contributed by atoms with van der Waals surface area (Å²) in [6, 6.07) is 15.4. The number of fused-ring (bicyclic) bond motifs is 1. The molecule has 0 spiro atoms. The van der Waals surface area contributed by atoms with E-state index in [9.17, 15) is 13.2 Å². The van der Waals surface area contributed by atoms with E-state index in [-0.39, 0.29) is 17.3 Å². The van der Waals surface area contributed by atoms with Crippen LogP contribution in [0.2, 0.25) is 0 Å². The number of ether oxygens (including phenoxy) is 1. The zero-order chi connectivity index (χ0) is 26.9. The fourth-order valence-corrected chi connectivity index (χ4v) is 7.60. The van der Waals surface area contributed by atoms with Gasteiger partial charge in [0, 0.05) is 18.7 Å². The summed E-state index contributed by atoms with van der Waals surface area (Å²) >= 11 is 1.39. The number of nitrogens with zero attached hydrogens (tertiary/aromatic N) is 3. The number of piperidine rings is 1. The lowest BCUT2D eigenvalue weighted by molar-refractivity contribution is 0.0983. The Labute approximate surface area is 226 Å². The van der Waals surface area contributed by atoms with E-state index in [2.05, 4.69) is 13.8 Å². The maximum atomic E-state index is 13.7. The second-order valence-electron chi connectivity index (χ2n) is 9.82. The van der Waals surface area contributed by atoms with Crippen LogP contribution in [-0.2, 0) is 16.6 Å². The van der Waals surface area contributed by atoms with Gasteiger partial charge in [-0.25, -0.2) is 13.4 Å². The van der Waals surface area contributed by atoms with Gasteiger partial charge in [0.05, 0.1) is 34.5 Å². The van der Waals surface area contributed by atoms with Gasteiger partial charge < -0.3 is 9.15 Å². The van der Waals surface area contributed by atoms with E-state index in [1.807, 2.05) is 25.1 Å². The van der Waals surface area contributed by atoms with E-state index in [1.165, 1.54) is 23.5 Å². The lowest BCUT2D eigenvalue weighted by Crippen LogP contribution is -2.42. The molecule has 2 unspecified atom stereocenters. The van der Waals surface area contributed by atoms with Gasteiger partial charge in [-0.1, -0.05) is 25.2 Å². The van der Waals surface area contributed by atoms with Crippen LogP contribution in [0.5, 0.6) is 5.75 Å². The highest BCUT2D eigenvalue weighted by Crippen LogP contribution is 2.33. The molecule has 10 heteroatoms. The second kappa shape index (κ2) is 10.9. The van der Waals surface area contributed by atoms with Gasteiger partial charge in [0.1, 0.15) is 11.5 Å². The molecule has 0 radical (unpaired) electrons. The van der Waals surface area contributed by atoms with Crippen LogP contribution in [-0.4, -0.2) is 43.3 Å². The second-order valence-corrected chi connectivity index (χ2v) is 12.8. The lowest BCUT2D eigenvalue weighted by Gasteiger charge is -2.34. The van der Waals surface area contributed by atoms with Crippen molar-refractivity contribution in [3.63, 3.8) is 0 Å². The van der Waals surface area contributed by atoms with Crippen molar-refractivity contribution in [2.75, 3.05) is 24.6 Å². The van der Waals surface area contributed by atoms with E-state index in [1.54, 1.807) is 39.7 Å². The number of carbonyl (C=O) groups excluding carboxylic acids is 1. The third-order valence-corrected chi connectivity index (χ3v) is 9.49. The number of carbonyl (C=O) groups is 1. The number of hydrogen-bond acceptors (Lipinski definition) is 7. The molecule has 1 aliphatic heterocycles. The number of rotatable bonds is 8. The maximum Gasteiger partial charge on any atom is 0.260 e. The minimum absolute atomic E-state index is 0.188. The molecule has 1 saturated heterocycles. The van der Waals surface area contributed by atoms with Crippen molar-refractivity contribution < 1.29 is 22.4 Å². The predicted octanol–water partition coefficient (Wildman–Crippen LogP) is 5.80. The maximum absolute atomic E-state index is 13.7. The normalized spacial score (nSPS) is 18.5. The summed E-state index contributed by atoms with van der Waals surface area (Å²) in [5, 5.41) is 0.517. The minimum Gasteiger partial charge on any atom is -0.494 e. The Bertz CT molecular complexity index is 1500. The first-order valence-corrected chi connectivity index (χ1v) is 15.0. The Balaban J connectivity index is 1.44. The van der Waals surface area contributed by atoms with Crippen LogP contribution in [0.25, 0.3) is 10.2 Å². The molecule has 200 valence electrons. The zero-order valence-electron chi connectivity index (χ0n) is 21.7. The molecular formula is C28H31N3O5S2. The number of hydrogen-bond donors (Lipinski definition) is 0. The predicted molar refractivity (Wildman–Crippen MR) is 148 cm³/mol. The van der Waals surface area contributed by atoms with Crippen LogP contribution in [0, 0.1) is 11.8 Å². The number of benzene rings is 2. The molecule has 0 bridgehead atoms. The largest absolute Gasteiger partial charge is 0.494 e. The van der Waals surface area contributed by atoms with Crippen LogP contribution < -0.4 is 9.64 Å². The Hall–Kier alpha value is -3.21. The van der Waals surface area contributed by atoms with Crippen molar-refractivity contribution in [1.82, 2.24) is 9.29 Å². The Morgan fingerprint density at radius 2 is 1.87 bits per heavy atom. The summed E-state index contributed by atoms with van der Waals surface area (Å²) in [5.41, 5.74) is 1.13. The molecule has 4 aromatic rings. The first-order valence-electron chi connectivity index (χ1n) is 12.7. The van der Waals surface area contributed by atoms with Crippen molar-refractivity contribution in [3.8, 4) is 5.75 Å². The molecule has 0 N–H and O–H groups in total. The topological polar surface area (TPSA) is 93.0 Å². The molecule has 2 aromatic heterocycles. The number of thiazole rings is 1. The molecule has 5 rings (SSSR count). The summed E-state index contributed by atoms with van der Waals surface area (Å²) in [4.78, 5) is 20.2. The third-order valence-electron chi connectivity index (χ3n) is 6.60. The standard InChI is InChI=1S/C28H31N3O5S2/c1-4-35-22-9-12-25-26(15-22)37-28(29-25)31(18-23-6-5-13-36-23)27(32)21-7-10-24(11-8-21)38(33,34)30-16-19(2)14-20(3)17-30/h5-13,15,19-20H,4,14,16-18H2,1-3H3. The van der Waals surface area contributed by atoms with Gasteiger partial charge in [0.15, 0.2) is 5.13 Å². The molecule has 2 atom stereocenters. The fraction of sp³-hybridized carbons (Fsp3) is 0.357. The Kier molecular flexibility index (Phi) is 7.56. The summed E-state index contributed by atoms with van der Waals surface area (Å²) < 4.78 is 40.2. The third kappa shape index (κ3) is 5.48. The van der Waals surface area contributed by atoms with Crippen molar-refractivity contribution in [1.29, 1.82) is 0 Å². The highest BCUT2D eigenvalue weighted by atomic mass is 32.2. The quantitative estimate of drug-likeness (QED) is 0.274. The number of furan rings is 1. The molecule has 3 heterocycles. The van der Waals surface area contributed by atoms with E-state index < -0.39 is 10.0 Å². The highest BCUT2D eigenvalue weighted by molar-refractivity contribution is 7.89. The molecule has 38 heavy (non-hydrogen) atoms. The van der Waals surface area contributed by atoms with Gasteiger partial charge in [-0.15, -0.1) is 0 Å². The van der Waals surface area contributed by atoms with Gasteiger partial charge in [0.25, 0.3) is 5.91 Å². The van der Waals surface area contributed by atoms with Gasteiger partial charge in [-0.05, 0) is 79.8 Å². The SMILES string of the molecule is CCOc1ccc2nc(N(Cc3ccco3)C(=O)c3ccc(S(=O)(=O)N4CC(C)CC(C)C4)cc3)sc2c1. The summed E-state index contributed by atoms with van der Waals surface area (Å²) in [6.45, 7) is 7.84. The molecule has 1 fully saturated rings. The molecule has 1 amide bonds. The van der Waals surface area contributed by atoms with E-state index in [4.69, 9.17) is 14.1 Å². The summed E-state index contributed by atoms with van der Waals surface area (Å²) in [5.74, 6) is 1.68. The monoisotopic (exact) mass is 553 g/mol. The average molecular weight is 554 g/mol. The fourth-order valence-electron chi connectivity index (χ4n) is 4.93. The molecule has 0 saturated carbocycles. The molecule has 0 aliphatic carbocycles. The van der Waals surface area contributed by atoms with Crippen molar-refractivity contribution in [2.24, 2.45) is 11.8 Å². The smallest absolute Gasteiger partial charge is 0.260 e.